The second-order valence-corrected chi connectivity index (χ2v) is 23.7. The van der Waals surface area contributed by atoms with Crippen LogP contribution in [0.2, 0.25) is 0 Å². The van der Waals surface area contributed by atoms with E-state index in [9.17, 15) is 49.5 Å². The van der Waals surface area contributed by atoms with E-state index in [-0.39, 0.29) is 61.3 Å². The van der Waals surface area contributed by atoms with Gasteiger partial charge < -0.3 is 134 Å². The molecular formula is C69H111N9O25. The van der Waals surface area contributed by atoms with Gasteiger partial charge in [-0.05, 0) is 80.8 Å². The van der Waals surface area contributed by atoms with Crippen molar-refractivity contribution < 1.29 is 121 Å². The van der Waals surface area contributed by atoms with Crippen molar-refractivity contribution in [1.82, 2.24) is 30.5 Å². The van der Waals surface area contributed by atoms with Gasteiger partial charge in [0.15, 0.2) is 5.82 Å². The molecule has 103 heavy (non-hydrogen) atoms. The first-order chi connectivity index (χ1) is 50.1. The minimum absolute atomic E-state index is 0.0409. The summed E-state index contributed by atoms with van der Waals surface area (Å²) in [5.74, 6) is -1.29. The molecule has 0 spiro atoms. The number of rotatable bonds is 61. The molecule has 0 radical (unpaired) electrons. The zero-order valence-corrected chi connectivity index (χ0v) is 59.6. The first-order valence-electron chi connectivity index (χ1n) is 35.4. The minimum atomic E-state index is -1.76. The number of nitrogen functional groups attached to an aromatic ring is 1. The lowest BCUT2D eigenvalue weighted by molar-refractivity contribution is -0.277. The maximum atomic E-state index is 13.4. The number of carboxylic acids is 1. The highest BCUT2D eigenvalue weighted by molar-refractivity contribution is 6.08. The second kappa shape index (κ2) is 53.2. The number of benzene rings is 2. The quantitative estimate of drug-likeness (QED) is 0.0281. The molecule has 2 aromatic carbocycles. The number of amides is 4. The van der Waals surface area contributed by atoms with E-state index in [0.29, 0.717) is 207 Å². The van der Waals surface area contributed by atoms with Crippen molar-refractivity contribution in [3.63, 3.8) is 0 Å². The van der Waals surface area contributed by atoms with Crippen molar-refractivity contribution in [1.29, 1.82) is 0 Å². The van der Waals surface area contributed by atoms with Crippen molar-refractivity contribution in [2.45, 2.75) is 127 Å². The van der Waals surface area contributed by atoms with Crippen LogP contribution in [0.25, 0.3) is 21.9 Å². The number of nitrogens with zero attached hydrogens (tertiary/aromatic N) is 3. The van der Waals surface area contributed by atoms with Crippen molar-refractivity contribution in [3.05, 3.63) is 53.3 Å². The van der Waals surface area contributed by atoms with Crippen LogP contribution in [0.15, 0.2) is 36.4 Å². The molecule has 0 aliphatic carbocycles. The summed E-state index contributed by atoms with van der Waals surface area (Å²) in [6.07, 6.45) is -2.72. The molecule has 4 aromatic rings. The van der Waals surface area contributed by atoms with E-state index in [1.807, 2.05) is 0 Å². The highest BCUT2D eigenvalue weighted by Gasteiger charge is 2.45. The molecule has 6 atom stereocenters. The zero-order chi connectivity index (χ0) is 74.1. The van der Waals surface area contributed by atoms with Gasteiger partial charge in [-0.15, -0.1) is 0 Å². The Hall–Kier alpha value is -6.65. The van der Waals surface area contributed by atoms with Gasteiger partial charge in [0.25, 0.3) is 0 Å². The molecule has 1 saturated heterocycles. The number of imidazole rings is 1. The Bertz CT molecular complexity index is 3020. The summed E-state index contributed by atoms with van der Waals surface area (Å²) in [7, 11) is 1.63. The van der Waals surface area contributed by atoms with Gasteiger partial charge in [0.2, 0.25) is 24.0 Å². The maximum Gasteiger partial charge on any atom is 0.407 e. The lowest BCUT2D eigenvalue weighted by atomic mass is 9.99. The summed E-state index contributed by atoms with van der Waals surface area (Å²) in [6.45, 7) is 12.6. The van der Waals surface area contributed by atoms with E-state index in [1.54, 1.807) is 13.2 Å². The Morgan fingerprint density at radius 2 is 1.16 bits per heavy atom. The van der Waals surface area contributed by atoms with Crippen LogP contribution in [0.4, 0.5) is 16.3 Å². The maximum absolute atomic E-state index is 13.4. The number of fused-ring (bicyclic) bond motifs is 3. The molecule has 34 heteroatoms. The third-order valence-electron chi connectivity index (χ3n) is 15.8. The average molecular weight is 1470 g/mol. The summed E-state index contributed by atoms with van der Waals surface area (Å²) >= 11 is 0. The van der Waals surface area contributed by atoms with Gasteiger partial charge in [-0.1, -0.05) is 19.4 Å². The largest absolute Gasteiger partial charge is 0.478 e. The van der Waals surface area contributed by atoms with Crippen LogP contribution in [-0.4, -0.2) is 292 Å². The number of ether oxygens (including phenoxy) is 15. The van der Waals surface area contributed by atoms with E-state index < -0.39 is 67.2 Å². The van der Waals surface area contributed by atoms with E-state index in [1.165, 1.54) is 30.3 Å². The predicted molar refractivity (Wildman–Crippen MR) is 374 cm³/mol. The van der Waals surface area contributed by atoms with E-state index >= 15 is 0 Å². The molecule has 4 amide bonds. The Morgan fingerprint density at radius 1 is 0.602 bits per heavy atom. The number of carbonyl (C=O) groups is 5. The summed E-state index contributed by atoms with van der Waals surface area (Å²) in [5, 5.41) is 62.4. The van der Waals surface area contributed by atoms with Crippen LogP contribution in [0.3, 0.4) is 0 Å². The molecular weight excluding hydrogens is 1350 g/mol. The van der Waals surface area contributed by atoms with Gasteiger partial charge in [0.1, 0.15) is 48.1 Å². The normalized spacial score (nSPS) is 16.3. The lowest BCUT2D eigenvalue weighted by Gasteiger charge is -2.39. The van der Waals surface area contributed by atoms with E-state index in [4.69, 9.17) is 87.5 Å². The van der Waals surface area contributed by atoms with Crippen molar-refractivity contribution in [2.24, 2.45) is 5.73 Å². The molecule has 5 rings (SSSR count). The molecule has 13 N–H and O–H groups in total. The number of aromatic nitrogens is 3. The fourth-order valence-corrected chi connectivity index (χ4v) is 10.2. The van der Waals surface area contributed by atoms with Gasteiger partial charge in [-0.2, -0.15) is 0 Å². The number of hydrogen-bond donors (Lipinski definition) is 11. The molecule has 1 aliphatic heterocycles. The average Bonchev–Trinajstić information content (AvgIpc) is 1.63. The Balaban J connectivity index is 0.857. The van der Waals surface area contributed by atoms with Gasteiger partial charge in [0.05, 0.1) is 187 Å². The molecule has 582 valence electrons. The molecule has 0 saturated carbocycles. The van der Waals surface area contributed by atoms with E-state index in [2.05, 4.69) is 37.7 Å². The number of anilines is 2. The molecule has 1 aliphatic rings. The number of unbranched alkanes of at least 4 members (excludes halogenated alkanes) is 4. The number of carbonyl (C=O) groups excluding carboxylic acids is 4. The lowest BCUT2D eigenvalue weighted by Crippen LogP contribution is -2.60. The minimum Gasteiger partial charge on any atom is -0.478 e. The van der Waals surface area contributed by atoms with Crippen LogP contribution >= 0.6 is 0 Å². The summed E-state index contributed by atoms with van der Waals surface area (Å²) in [6, 6.07) is 8.29. The predicted octanol–water partition coefficient (Wildman–Crippen LogP) is 1.76. The number of nitrogens with two attached hydrogens (primary N) is 2. The smallest absolute Gasteiger partial charge is 0.407 e. The standard InChI is InChI=1S/C69H111N9O25/c1-3-4-11-57-77-60-61(51-14-13-50(67(86)87)46-53(51)76-65(60)71)78(57)21-9-5-7-19-74-69(88)101-48-49-12-15-55(102-68-64(84)63(83)62(82)56(47-79)103-68)54(45-49)75-59(81)16-20-73-66(85)52(70)10-6-8-18-72-58(80)17-22-90-25-26-92-29-30-94-33-34-96-37-38-98-41-42-100-44-43-99-40-39-97-36-35-95-32-31-93-28-27-91-24-23-89-2/h12-15,45-46,52,56,62-64,68,79,82-84H,3-11,16-44,47-48,70H2,1-2H3,(H2,71,76)(H,72,80)(H,73,85)(H,74,88)(H,75,81)(H,86,87)/t52-,56+,62+,63-,64?,68-/m0/s1. The topological polar surface area (TPSA) is 456 Å². The van der Waals surface area contributed by atoms with Gasteiger partial charge in [-0.3, -0.25) is 14.4 Å². The number of pyridine rings is 1. The first kappa shape index (κ1) is 87.0. The number of methoxy groups -OCH3 is 1. The van der Waals surface area contributed by atoms with Crippen LogP contribution < -0.4 is 37.5 Å². The number of aromatic carboxylic acids is 1. The van der Waals surface area contributed by atoms with Crippen LogP contribution in [0, 0.1) is 0 Å². The summed E-state index contributed by atoms with van der Waals surface area (Å²) < 4.78 is 84.2. The highest BCUT2D eigenvalue weighted by Crippen LogP contribution is 2.33. The van der Waals surface area contributed by atoms with Crippen molar-refractivity contribution >= 4 is 63.2 Å². The van der Waals surface area contributed by atoms with Crippen LogP contribution in [0.1, 0.15) is 92.9 Å². The SMILES string of the molecule is CCCCc1nc2c(N)nc3cc(C(=O)O)ccc3c2n1CCCCCNC(=O)OCc1ccc(O[C@H]2O[C@H](CO)[C@@H](O)[C@H](O)C2O)c(NC(=O)CCNC(=O)[C@@H](N)CCCCNC(=O)CCOCCOCCOCCOCCOCCOCCOCCOCCOCCOCCOCCOC)c1. The molecule has 0 bridgehead atoms. The number of aliphatic hydroxyl groups is 4. The zero-order valence-electron chi connectivity index (χ0n) is 59.6. The van der Waals surface area contributed by atoms with Gasteiger partial charge in [-0.25, -0.2) is 19.6 Å². The molecule has 3 heterocycles. The second-order valence-electron chi connectivity index (χ2n) is 23.7. The fourth-order valence-electron chi connectivity index (χ4n) is 10.2. The molecule has 1 fully saturated rings. The first-order valence-corrected chi connectivity index (χ1v) is 35.4. The number of hydrogen-bond acceptors (Lipinski definition) is 28. The highest BCUT2D eigenvalue weighted by atomic mass is 16.7. The number of carboxylic acid groups (broad SMARTS) is 1. The fraction of sp³-hybridized carbons (Fsp3) is 0.696. The van der Waals surface area contributed by atoms with Crippen molar-refractivity contribution in [3.8, 4) is 5.75 Å². The number of nitrogens with one attached hydrogen (secondary N) is 4. The van der Waals surface area contributed by atoms with Crippen LogP contribution in [-0.2, 0) is 100 Å². The molecule has 2 aromatic heterocycles. The Labute approximate surface area is 600 Å². The summed E-state index contributed by atoms with van der Waals surface area (Å²) in [5.41, 5.74) is 14.9. The van der Waals surface area contributed by atoms with Crippen LogP contribution in [0.5, 0.6) is 5.75 Å². The molecule has 34 nitrogen and oxygen atoms in total. The van der Waals surface area contributed by atoms with Gasteiger partial charge >= 0.3 is 12.1 Å². The number of alkyl carbamates (subject to hydrolysis) is 1. The van der Waals surface area contributed by atoms with Crippen molar-refractivity contribution in [2.75, 3.05) is 196 Å². The summed E-state index contributed by atoms with van der Waals surface area (Å²) in [4.78, 5) is 72.5. The molecule has 1 unspecified atom stereocenters. The van der Waals surface area contributed by atoms with Gasteiger partial charge in [0, 0.05) is 57.9 Å². The Kier molecular flexibility index (Phi) is 44.9. The van der Waals surface area contributed by atoms with E-state index in [0.717, 1.165) is 48.8 Å². The third kappa shape index (κ3) is 34.9. The third-order valence-corrected chi connectivity index (χ3v) is 15.8. The Morgan fingerprint density at radius 3 is 1.71 bits per heavy atom. The number of aliphatic hydroxyl groups excluding tert-OH is 4. The monoisotopic (exact) mass is 1470 g/mol. The number of aryl methyl sites for hydroxylation is 2.